The van der Waals surface area contributed by atoms with E-state index in [1.165, 1.54) is 0 Å². The molecule has 0 spiro atoms. The summed E-state index contributed by atoms with van der Waals surface area (Å²) in [6.45, 7) is -0.166. The molecule has 104 valence electrons. The third-order valence-electron chi connectivity index (χ3n) is 2.32. The molecule has 0 saturated heterocycles. The quantitative estimate of drug-likeness (QED) is 0.832. The highest BCUT2D eigenvalue weighted by atomic mass is 35.5. The van der Waals surface area contributed by atoms with Gasteiger partial charge >= 0.3 is 6.18 Å². The second-order valence-corrected chi connectivity index (χ2v) is 4.48. The van der Waals surface area contributed by atoms with Gasteiger partial charge in [-0.05, 0) is 12.8 Å². The number of rotatable bonds is 4. The molecule has 19 heavy (non-hydrogen) atoms. The van der Waals surface area contributed by atoms with Crippen molar-refractivity contribution in [2.45, 2.75) is 25.1 Å². The Bertz CT molecular complexity index is 490. The normalized spacial score (nSPS) is 15.2. The van der Waals surface area contributed by atoms with E-state index in [0.29, 0.717) is 0 Å². The fourth-order valence-corrected chi connectivity index (χ4v) is 1.50. The van der Waals surface area contributed by atoms with Gasteiger partial charge in [0, 0.05) is 12.1 Å². The molecule has 2 N–H and O–H groups in total. The maximum absolute atomic E-state index is 12.4. The summed E-state index contributed by atoms with van der Waals surface area (Å²) < 4.78 is 37.3. The van der Waals surface area contributed by atoms with E-state index in [2.05, 4.69) is 20.6 Å². The van der Waals surface area contributed by atoms with Gasteiger partial charge in [-0.3, -0.25) is 4.79 Å². The van der Waals surface area contributed by atoms with Crippen molar-refractivity contribution in [2.24, 2.45) is 0 Å². The maximum Gasteiger partial charge on any atom is 0.451 e. The molecule has 1 aromatic heterocycles. The van der Waals surface area contributed by atoms with Crippen molar-refractivity contribution in [3.63, 3.8) is 0 Å². The van der Waals surface area contributed by atoms with Crippen LogP contribution < -0.4 is 10.6 Å². The van der Waals surface area contributed by atoms with Crippen LogP contribution in [0.25, 0.3) is 0 Å². The van der Waals surface area contributed by atoms with Crippen molar-refractivity contribution in [3.05, 3.63) is 17.0 Å². The molecule has 0 unspecified atom stereocenters. The predicted molar refractivity (Wildman–Crippen MR) is 61.7 cm³/mol. The lowest BCUT2D eigenvalue weighted by Gasteiger charge is -2.09. The first-order chi connectivity index (χ1) is 8.84. The molecule has 0 aromatic carbocycles. The van der Waals surface area contributed by atoms with Crippen molar-refractivity contribution in [3.8, 4) is 0 Å². The zero-order valence-electron chi connectivity index (χ0n) is 9.59. The van der Waals surface area contributed by atoms with Crippen molar-refractivity contribution in [1.29, 1.82) is 0 Å². The molecule has 1 amide bonds. The van der Waals surface area contributed by atoms with Crippen molar-refractivity contribution in [2.75, 3.05) is 11.9 Å². The van der Waals surface area contributed by atoms with Gasteiger partial charge in [0.15, 0.2) is 0 Å². The second-order valence-electron chi connectivity index (χ2n) is 4.09. The Kier molecular flexibility index (Phi) is 3.79. The standard InChI is InChI=1S/C10H10ClF3N4O/c11-6-3-7(18-9(17-6)10(12,13)14)15-4-8(19)16-5-1-2-5/h3,5H,1-2,4H2,(H,16,19)(H,15,17,18). The summed E-state index contributed by atoms with van der Waals surface area (Å²) in [5, 5.41) is 4.83. The van der Waals surface area contributed by atoms with Gasteiger partial charge in [-0.25, -0.2) is 9.97 Å². The lowest BCUT2D eigenvalue weighted by Crippen LogP contribution is -2.31. The average molecular weight is 295 g/mol. The third-order valence-corrected chi connectivity index (χ3v) is 2.51. The summed E-state index contributed by atoms with van der Waals surface area (Å²) in [5.41, 5.74) is 0. The highest BCUT2D eigenvalue weighted by Crippen LogP contribution is 2.28. The van der Waals surface area contributed by atoms with E-state index in [1.807, 2.05) is 0 Å². The number of nitrogens with one attached hydrogen (secondary N) is 2. The van der Waals surface area contributed by atoms with Gasteiger partial charge in [0.2, 0.25) is 11.7 Å². The molecule has 5 nitrogen and oxygen atoms in total. The molecular weight excluding hydrogens is 285 g/mol. The Balaban J connectivity index is 1.99. The third kappa shape index (κ3) is 4.23. The molecule has 0 atom stereocenters. The number of hydrogen-bond acceptors (Lipinski definition) is 4. The van der Waals surface area contributed by atoms with Crippen molar-refractivity contribution in [1.82, 2.24) is 15.3 Å². The van der Waals surface area contributed by atoms with E-state index in [0.717, 1.165) is 18.9 Å². The van der Waals surface area contributed by atoms with Gasteiger partial charge in [0.05, 0.1) is 6.54 Å². The van der Waals surface area contributed by atoms with Crippen LogP contribution in [0.4, 0.5) is 19.0 Å². The van der Waals surface area contributed by atoms with E-state index in [9.17, 15) is 18.0 Å². The number of amides is 1. The molecule has 0 radical (unpaired) electrons. The zero-order chi connectivity index (χ0) is 14.0. The van der Waals surface area contributed by atoms with Crippen LogP contribution in [0.2, 0.25) is 5.15 Å². The van der Waals surface area contributed by atoms with Crippen LogP contribution in [0, 0.1) is 0 Å². The van der Waals surface area contributed by atoms with E-state index < -0.39 is 12.0 Å². The lowest BCUT2D eigenvalue weighted by atomic mass is 10.4. The molecule has 0 bridgehead atoms. The van der Waals surface area contributed by atoms with Crippen LogP contribution in [0.5, 0.6) is 0 Å². The molecule has 9 heteroatoms. The molecule has 1 aliphatic rings. The van der Waals surface area contributed by atoms with E-state index >= 15 is 0 Å². The molecular formula is C10H10ClF3N4O. The molecule has 0 aliphatic heterocycles. The minimum absolute atomic E-state index is 0.140. The number of halogens is 4. The zero-order valence-corrected chi connectivity index (χ0v) is 10.3. The van der Waals surface area contributed by atoms with Gasteiger partial charge in [-0.2, -0.15) is 13.2 Å². The summed E-state index contributed by atoms with van der Waals surface area (Å²) in [5.74, 6) is -1.78. The maximum atomic E-state index is 12.4. The first-order valence-corrected chi connectivity index (χ1v) is 5.87. The van der Waals surface area contributed by atoms with E-state index in [4.69, 9.17) is 11.6 Å². The van der Waals surface area contributed by atoms with Crippen LogP contribution in [0.1, 0.15) is 18.7 Å². The smallest absolute Gasteiger partial charge is 0.361 e. The fraction of sp³-hybridized carbons (Fsp3) is 0.500. The largest absolute Gasteiger partial charge is 0.451 e. The fourth-order valence-electron chi connectivity index (χ4n) is 1.31. The topological polar surface area (TPSA) is 66.9 Å². The average Bonchev–Trinajstić information content (AvgIpc) is 3.08. The summed E-state index contributed by atoms with van der Waals surface area (Å²) in [6.07, 6.45) is -2.82. The van der Waals surface area contributed by atoms with Crippen LogP contribution >= 0.6 is 11.6 Å². The van der Waals surface area contributed by atoms with Crippen LogP contribution in [-0.4, -0.2) is 28.5 Å². The van der Waals surface area contributed by atoms with Crippen molar-refractivity contribution < 1.29 is 18.0 Å². The molecule has 1 saturated carbocycles. The Morgan fingerprint density at radius 1 is 1.42 bits per heavy atom. The summed E-state index contributed by atoms with van der Waals surface area (Å²) >= 11 is 5.47. The monoisotopic (exact) mass is 294 g/mol. The Labute approximate surface area is 111 Å². The minimum Gasteiger partial charge on any atom is -0.361 e. The van der Waals surface area contributed by atoms with E-state index in [-0.39, 0.29) is 29.5 Å². The lowest BCUT2D eigenvalue weighted by molar-refractivity contribution is -0.144. The summed E-state index contributed by atoms with van der Waals surface area (Å²) in [7, 11) is 0. The first kappa shape index (κ1) is 13.9. The highest BCUT2D eigenvalue weighted by Gasteiger charge is 2.35. The SMILES string of the molecule is O=C(CNc1cc(Cl)nc(C(F)(F)F)n1)NC1CC1. The molecule has 1 aromatic rings. The molecule has 2 rings (SSSR count). The summed E-state index contributed by atoms with van der Waals surface area (Å²) in [6, 6.07) is 1.32. The highest BCUT2D eigenvalue weighted by molar-refractivity contribution is 6.29. The summed E-state index contributed by atoms with van der Waals surface area (Å²) in [4.78, 5) is 17.7. The van der Waals surface area contributed by atoms with Gasteiger partial charge in [0.25, 0.3) is 0 Å². The molecule has 1 heterocycles. The van der Waals surface area contributed by atoms with Gasteiger partial charge < -0.3 is 10.6 Å². The minimum atomic E-state index is -4.68. The van der Waals surface area contributed by atoms with Gasteiger partial charge in [0.1, 0.15) is 11.0 Å². The number of anilines is 1. The number of alkyl halides is 3. The van der Waals surface area contributed by atoms with Crippen LogP contribution in [0.3, 0.4) is 0 Å². The Morgan fingerprint density at radius 3 is 2.68 bits per heavy atom. The van der Waals surface area contributed by atoms with Gasteiger partial charge in [-0.1, -0.05) is 11.6 Å². The number of nitrogens with zero attached hydrogens (tertiary/aromatic N) is 2. The second kappa shape index (κ2) is 5.20. The number of carbonyl (C=O) groups excluding carboxylic acids is 1. The Morgan fingerprint density at radius 2 is 2.11 bits per heavy atom. The van der Waals surface area contributed by atoms with E-state index in [1.54, 1.807) is 0 Å². The Hall–Kier alpha value is -1.57. The molecule has 1 aliphatic carbocycles. The first-order valence-electron chi connectivity index (χ1n) is 5.49. The number of aromatic nitrogens is 2. The predicted octanol–water partition coefficient (Wildman–Crippen LogP) is 1.84. The van der Waals surface area contributed by atoms with Crippen molar-refractivity contribution >= 4 is 23.3 Å². The van der Waals surface area contributed by atoms with Crippen LogP contribution in [0.15, 0.2) is 6.07 Å². The van der Waals surface area contributed by atoms with Crippen LogP contribution in [-0.2, 0) is 11.0 Å². The number of hydrogen-bond donors (Lipinski definition) is 2. The van der Waals surface area contributed by atoms with Gasteiger partial charge in [-0.15, -0.1) is 0 Å². The number of carbonyl (C=O) groups is 1. The molecule has 1 fully saturated rings.